The Labute approximate surface area is 320 Å². The van der Waals surface area contributed by atoms with Gasteiger partial charge in [0.2, 0.25) is 5.91 Å². The highest BCUT2D eigenvalue weighted by molar-refractivity contribution is 5.86. The maximum absolute atomic E-state index is 13.7. The highest BCUT2D eigenvalue weighted by atomic mass is 16.5. The summed E-state index contributed by atoms with van der Waals surface area (Å²) in [5.74, 6) is 1.29. The molecule has 6 heterocycles. The molecule has 0 bridgehead atoms. The lowest BCUT2D eigenvalue weighted by atomic mass is 9.96. The van der Waals surface area contributed by atoms with Crippen LogP contribution in [-0.2, 0) is 19.0 Å². The van der Waals surface area contributed by atoms with Crippen LogP contribution >= 0.6 is 0 Å². The SMILES string of the molecule is COC(=O)N[C@H](C(=O)N1CCC[C@H]1c1ncc(-c2ccc(-c3ccc(-c4cnc([C@@H]5C[C@@]6(CCCO6)CN5C(=O)N5CCOCC5)[nH]4)cc3)cc2)[nH]1)C(C)C. The Morgan fingerprint density at radius 2 is 1.42 bits per heavy atom. The van der Waals surface area contributed by atoms with Crippen molar-refractivity contribution in [2.24, 2.45) is 5.92 Å². The van der Waals surface area contributed by atoms with Gasteiger partial charge >= 0.3 is 12.1 Å². The molecule has 14 heteroatoms. The fourth-order valence-electron chi connectivity index (χ4n) is 8.55. The Morgan fingerprint density at radius 3 is 1.98 bits per heavy atom. The number of amides is 4. The molecule has 2 aromatic heterocycles. The van der Waals surface area contributed by atoms with Gasteiger partial charge in [-0.15, -0.1) is 0 Å². The smallest absolute Gasteiger partial charge is 0.407 e. The van der Waals surface area contributed by atoms with Crippen LogP contribution in [0.3, 0.4) is 0 Å². The topological polar surface area (TPSA) is 158 Å². The Morgan fingerprint density at radius 1 is 0.818 bits per heavy atom. The van der Waals surface area contributed by atoms with E-state index in [1.165, 1.54) is 7.11 Å². The van der Waals surface area contributed by atoms with Gasteiger partial charge in [0, 0.05) is 32.7 Å². The van der Waals surface area contributed by atoms with Crippen molar-refractivity contribution in [1.29, 1.82) is 0 Å². The molecule has 4 aliphatic rings. The largest absolute Gasteiger partial charge is 0.453 e. The van der Waals surface area contributed by atoms with Gasteiger partial charge in [0.1, 0.15) is 17.7 Å². The number of H-pyrrole nitrogens is 2. The van der Waals surface area contributed by atoms with Gasteiger partial charge in [0.05, 0.1) is 68.3 Å². The third-order valence-corrected chi connectivity index (χ3v) is 11.6. The molecule has 4 atom stereocenters. The van der Waals surface area contributed by atoms with E-state index in [2.05, 4.69) is 68.8 Å². The number of urea groups is 1. The lowest BCUT2D eigenvalue weighted by Gasteiger charge is -2.33. The lowest BCUT2D eigenvalue weighted by molar-refractivity contribution is -0.135. The van der Waals surface area contributed by atoms with Crippen molar-refractivity contribution < 1.29 is 28.6 Å². The van der Waals surface area contributed by atoms with Crippen LogP contribution in [0.15, 0.2) is 60.9 Å². The van der Waals surface area contributed by atoms with E-state index >= 15 is 0 Å². The molecule has 55 heavy (non-hydrogen) atoms. The predicted octanol–water partition coefficient (Wildman–Crippen LogP) is 5.93. The third-order valence-electron chi connectivity index (χ3n) is 11.6. The minimum atomic E-state index is -0.679. The maximum Gasteiger partial charge on any atom is 0.407 e. The second-order valence-corrected chi connectivity index (χ2v) is 15.4. The van der Waals surface area contributed by atoms with Gasteiger partial charge in [-0.05, 0) is 53.9 Å². The second kappa shape index (κ2) is 15.5. The van der Waals surface area contributed by atoms with Crippen LogP contribution in [0.1, 0.15) is 69.7 Å². The van der Waals surface area contributed by atoms with E-state index in [0.29, 0.717) is 39.4 Å². The number of nitrogens with zero attached hydrogens (tertiary/aromatic N) is 5. The first kappa shape index (κ1) is 36.8. The maximum atomic E-state index is 13.7. The Hall–Kier alpha value is -5.21. The van der Waals surface area contributed by atoms with Crippen LogP contribution in [0.4, 0.5) is 9.59 Å². The standard InChI is InChI=1S/C41H50N8O6/c1-26(2)35(46-39(51)53-3)38(50)48-16-4-6-33(48)36-42-23-31(44-36)29-11-7-27(8-12-29)28-9-13-30(14-10-28)32-24-43-37(45-32)34-22-41(15-5-19-55-41)25-49(34)40(52)47-17-20-54-21-18-47/h7-14,23-24,26,33-35H,4-6,15-22,25H2,1-3H3,(H,42,44)(H,43,45)(H,46,51)/t33-,34-,35-,41-/m0/s1. The fraction of sp³-hybridized carbons (Fsp3) is 0.488. The van der Waals surface area contributed by atoms with Crippen molar-refractivity contribution in [2.45, 2.75) is 69.7 Å². The summed E-state index contributed by atoms with van der Waals surface area (Å²) in [5, 5.41) is 2.70. The molecule has 8 rings (SSSR count). The van der Waals surface area contributed by atoms with Gasteiger partial charge in [-0.1, -0.05) is 62.4 Å². The number of carbonyl (C=O) groups is 3. The molecule has 0 aliphatic carbocycles. The minimum Gasteiger partial charge on any atom is -0.453 e. The molecule has 4 aliphatic heterocycles. The summed E-state index contributed by atoms with van der Waals surface area (Å²) in [5.41, 5.74) is 5.63. The molecular weight excluding hydrogens is 701 g/mol. The molecular formula is C41H50N8O6. The number of rotatable bonds is 8. The zero-order valence-corrected chi connectivity index (χ0v) is 31.8. The van der Waals surface area contributed by atoms with Gasteiger partial charge in [-0.3, -0.25) is 4.79 Å². The van der Waals surface area contributed by atoms with E-state index < -0.39 is 12.1 Å². The number of methoxy groups -OCH3 is 1. The van der Waals surface area contributed by atoms with Crippen LogP contribution in [0.25, 0.3) is 33.6 Å². The van der Waals surface area contributed by atoms with E-state index in [-0.39, 0.29) is 35.5 Å². The number of aromatic amines is 2. The number of alkyl carbamates (subject to hydrolysis) is 1. The van der Waals surface area contributed by atoms with E-state index in [9.17, 15) is 14.4 Å². The number of likely N-dealkylation sites (tertiary alicyclic amines) is 2. The van der Waals surface area contributed by atoms with Crippen molar-refractivity contribution in [2.75, 3.05) is 53.1 Å². The highest BCUT2D eigenvalue weighted by Crippen LogP contribution is 2.45. The van der Waals surface area contributed by atoms with Crippen LogP contribution in [0.2, 0.25) is 0 Å². The second-order valence-electron chi connectivity index (χ2n) is 15.4. The molecule has 4 aromatic rings. The number of carbonyl (C=O) groups excluding carboxylic acids is 3. The minimum absolute atomic E-state index is 0.0283. The summed E-state index contributed by atoms with van der Waals surface area (Å²) >= 11 is 0. The quantitative estimate of drug-likeness (QED) is 0.200. The van der Waals surface area contributed by atoms with Gasteiger partial charge in [-0.25, -0.2) is 19.6 Å². The fourth-order valence-corrected chi connectivity index (χ4v) is 8.55. The van der Waals surface area contributed by atoms with Gasteiger partial charge in [0.15, 0.2) is 0 Å². The first-order valence-corrected chi connectivity index (χ1v) is 19.5. The third kappa shape index (κ3) is 7.44. The number of nitrogens with one attached hydrogen (secondary N) is 3. The van der Waals surface area contributed by atoms with Crippen LogP contribution in [-0.4, -0.2) is 117 Å². The molecule has 0 unspecified atom stereocenters. The number of imidazole rings is 2. The van der Waals surface area contributed by atoms with Gasteiger partial charge in [0.25, 0.3) is 0 Å². The Balaban J connectivity index is 0.935. The highest BCUT2D eigenvalue weighted by Gasteiger charge is 2.51. The summed E-state index contributed by atoms with van der Waals surface area (Å²) in [4.78, 5) is 61.3. The van der Waals surface area contributed by atoms with E-state index in [4.69, 9.17) is 19.2 Å². The molecule has 0 radical (unpaired) electrons. The molecule has 0 saturated carbocycles. The normalized spacial score (nSPS) is 23.2. The average Bonchev–Trinajstić information content (AvgIpc) is 4.07. The van der Waals surface area contributed by atoms with Crippen molar-refractivity contribution in [3.8, 4) is 33.6 Å². The summed E-state index contributed by atoms with van der Waals surface area (Å²) in [6.07, 6.45) is 7.40. The van der Waals surface area contributed by atoms with Gasteiger partial charge in [-0.2, -0.15) is 0 Å². The molecule has 4 fully saturated rings. The molecule has 3 N–H and O–H groups in total. The van der Waals surface area contributed by atoms with E-state index in [1.807, 2.05) is 40.9 Å². The molecule has 4 saturated heterocycles. The molecule has 290 valence electrons. The average molecular weight is 751 g/mol. The summed E-state index contributed by atoms with van der Waals surface area (Å²) in [6.45, 7) is 8.05. The van der Waals surface area contributed by atoms with Crippen molar-refractivity contribution in [1.82, 2.24) is 40.0 Å². The predicted molar refractivity (Wildman–Crippen MR) is 205 cm³/mol. The van der Waals surface area contributed by atoms with E-state index in [1.54, 1.807) is 0 Å². The van der Waals surface area contributed by atoms with Gasteiger partial charge < -0.3 is 44.2 Å². The lowest BCUT2D eigenvalue weighted by Crippen LogP contribution is -2.51. The van der Waals surface area contributed by atoms with Crippen LogP contribution in [0.5, 0.6) is 0 Å². The number of aromatic nitrogens is 4. The zero-order chi connectivity index (χ0) is 38.1. The molecule has 14 nitrogen and oxygen atoms in total. The summed E-state index contributed by atoms with van der Waals surface area (Å²) in [7, 11) is 1.30. The van der Waals surface area contributed by atoms with Crippen LogP contribution < -0.4 is 5.32 Å². The molecule has 2 aromatic carbocycles. The molecule has 1 spiro atoms. The summed E-state index contributed by atoms with van der Waals surface area (Å²) in [6, 6.07) is 15.7. The van der Waals surface area contributed by atoms with Crippen LogP contribution in [0, 0.1) is 5.92 Å². The Bertz CT molecular complexity index is 1980. The summed E-state index contributed by atoms with van der Waals surface area (Å²) < 4.78 is 16.5. The first-order valence-electron chi connectivity index (χ1n) is 19.5. The first-order chi connectivity index (χ1) is 26.7. The number of morpholine rings is 1. The van der Waals surface area contributed by atoms with E-state index in [0.717, 1.165) is 84.0 Å². The molecule has 4 amide bonds. The number of hydrogen-bond donors (Lipinski definition) is 3. The Kier molecular flexibility index (Phi) is 10.4. The number of benzene rings is 2. The van der Waals surface area contributed by atoms with Crippen molar-refractivity contribution in [3.05, 3.63) is 72.6 Å². The monoisotopic (exact) mass is 750 g/mol. The number of ether oxygens (including phenoxy) is 3. The zero-order valence-electron chi connectivity index (χ0n) is 31.8. The van der Waals surface area contributed by atoms with Crippen molar-refractivity contribution >= 4 is 18.0 Å². The number of hydrogen-bond acceptors (Lipinski definition) is 8. The van der Waals surface area contributed by atoms with Crippen molar-refractivity contribution in [3.63, 3.8) is 0 Å².